The van der Waals surface area contributed by atoms with Gasteiger partial charge in [-0.1, -0.05) is 12.1 Å². The maximum atomic E-state index is 10.7. The van der Waals surface area contributed by atoms with Gasteiger partial charge >= 0.3 is 0 Å². The highest BCUT2D eigenvalue weighted by Gasteiger charge is 2.08. The number of benzene rings is 1. The van der Waals surface area contributed by atoms with Crippen LogP contribution in [-0.4, -0.2) is 18.6 Å². The summed E-state index contributed by atoms with van der Waals surface area (Å²) in [4.78, 5) is 10.7. The molecule has 1 aromatic rings. The molecule has 0 aliphatic rings. The summed E-state index contributed by atoms with van der Waals surface area (Å²) in [6.07, 6.45) is 0.831. The van der Waals surface area contributed by atoms with E-state index in [1.807, 2.05) is 32.9 Å². The Balaban J connectivity index is 2.90. The standard InChI is InChI=1S/C13H20N2O2/c1-8-4-11(6-10(3)14)5-9(2)13(8)17-7-12(15)16/h4-5,10H,6-7,14H2,1-3H3,(H2,15,16). The number of ether oxygens (including phenoxy) is 1. The zero-order valence-corrected chi connectivity index (χ0v) is 10.6. The SMILES string of the molecule is Cc1cc(CC(C)N)cc(C)c1OCC(N)=O. The van der Waals surface area contributed by atoms with E-state index in [-0.39, 0.29) is 12.6 Å². The van der Waals surface area contributed by atoms with Crippen LogP contribution in [-0.2, 0) is 11.2 Å². The van der Waals surface area contributed by atoms with E-state index in [1.54, 1.807) is 0 Å². The molecule has 4 heteroatoms. The van der Waals surface area contributed by atoms with Gasteiger partial charge in [-0.2, -0.15) is 0 Å². The minimum Gasteiger partial charge on any atom is -0.483 e. The fourth-order valence-electron chi connectivity index (χ4n) is 1.90. The number of rotatable bonds is 5. The molecule has 0 fully saturated rings. The van der Waals surface area contributed by atoms with E-state index < -0.39 is 5.91 Å². The van der Waals surface area contributed by atoms with E-state index >= 15 is 0 Å². The summed E-state index contributed by atoms with van der Waals surface area (Å²) in [6.45, 7) is 5.79. The van der Waals surface area contributed by atoms with Gasteiger partial charge in [0, 0.05) is 6.04 Å². The Bertz CT molecular complexity index is 391. The number of hydrogen-bond donors (Lipinski definition) is 2. The first kappa shape index (κ1) is 13.5. The van der Waals surface area contributed by atoms with Gasteiger partial charge in [-0.25, -0.2) is 0 Å². The van der Waals surface area contributed by atoms with Gasteiger partial charge in [0.1, 0.15) is 5.75 Å². The van der Waals surface area contributed by atoms with Gasteiger partial charge in [0.05, 0.1) is 0 Å². The number of nitrogens with two attached hydrogens (primary N) is 2. The van der Waals surface area contributed by atoms with Crippen LogP contribution in [0.25, 0.3) is 0 Å². The van der Waals surface area contributed by atoms with Crippen molar-refractivity contribution in [3.8, 4) is 5.75 Å². The summed E-state index contributed by atoms with van der Waals surface area (Å²) < 4.78 is 5.38. The number of carbonyl (C=O) groups excluding carboxylic acids is 1. The fraction of sp³-hybridized carbons (Fsp3) is 0.462. The third-order valence-electron chi connectivity index (χ3n) is 2.44. The lowest BCUT2D eigenvalue weighted by atomic mass is 10.0. The molecule has 0 bridgehead atoms. The molecule has 1 amide bonds. The topological polar surface area (TPSA) is 78.3 Å². The van der Waals surface area contributed by atoms with Crippen molar-refractivity contribution in [1.29, 1.82) is 0 Å². The highest BCUT2D eigenvalue weighted by atomic mass is 16.5. The largest absolute Gasteiger partial charge is 0.483 e. The van der Waals surface area contributed by atoms with Crippen molar-refractivity contribution in [2.45, 2.75) is 33.2 Å². The average molecular weight is 236 g/mol. The van der Waals surface area contributed by atoms with E-state index in [0.29, 0.717) is 0 Å². The Morgan fingerprint density at radius 3 is 2.29 bits per heavy atom. The molecule has 0 spiro atoms. The number of carbonyl (C=O) groups is 1. The van der Waals surface area contributed by atoms with Crippen LogP contribution in [0.15, 0.2) is 12.1 Å². The molecule has 0 heterocycles. The molecule has 0 radical (unpaired) electrons. The van der Waals surface area contributed by atoms with E-state index in [4.69, 9.17) is 16.2 Å². The Morgan fingerprint density at radius 2 is 1.88 bits per heavy atom. The molecule has 4 N–H and O–H groups in total. The molecular weight excluding hydrogens is 216 g/mol. The van der Waals surface area contributed by atoms with Gasteiger partial charge in [-0.05, 0) is 43.9 Å². The summed E-state index contributed by atoms with van der Waals surface area (Å²) in [7, 11) is 0. The van der Waals surface area contributed by atoms with Crippen molar-refractivity contribution in [2.75, 3.05) is 6.61 Å². The van der Waals surface area contributed by atoms with Crippen LogP contribution < -0.4 is 16.2 Å². The van der Waals surface area contributed by atoms with Crippen LogP contribution >= 0.6 is 0 Å². The number of aryl methyl sites for hydroxylation is 2. The van der Waals surface area contributed by atoms with Gasteiger partial charge in [0.2, 0.25) is 0 Å². The summed E-state index contributed by atoms with van der Waals surface area (Å²) in [5, 5.41) is 0. The highest BCUT2D eigenvalue weighted by Crippen LogP contribution is 2.25. The maximum absolute atomic E-state index is 10.7. The Hall–Kier alpha value is -1.55. The van der Waals surface area contributed by atoms with Crippen molar-refractivity contribution in [2.24, 2.45) is 11.5 Å². The molecule has 0 aromatic heterocycles. The summed E-state index contributed by atoms with van der Waals surface area (Å²) in [5.74, 6) is 0.265. The second-order valence-electron chi connectivity index (χ2n) is 4.50. The second kappa shape index (κ2) is 5.68. The quantitative estimate of drug-likeness (QED) is 0.802. The molecule has 1 atom stereocenters. The van der Waals surface area contributed by atoms with Crippen molar-refractivity contribution < 1.29 is 9.53 Å². The normalized spacial score (nSPS) is 12.2. The van der Waals surface area contributed by atoms with Gasteiger partial charge in [0.15, 0.2) is 6.61 Å². The first-order chi connectivity index (χ1) is 7.90. The van der Waals surface area contributed by atoms with Crippen molar-refractivity contribution in [3.63, 3.8) is 0 Å². The molecule has 0 saturated carbocycles. The Kier molecular flexibility index (Phi) is 4.52. The smallest absolute Gasteiger partial charge is 0.255 e. The van der Waals surface area contributed by atoms with Crippen LogP contribution in [0.5, 0.6) is 5.75 Å². The van der Waals surface area contributed by atoms with E-state index in [2.05, 4.69) is 0 Å². The first-order valence-electron chi connectivity index (χ1n) is 5.67. The molecule has 94 valence electrons. The second-order valence-corrected chi connectivity index (χ2v) is 4.50. The highest BCUT2D eigenvalue weighted by molar-refractivity contribution is 5.75. The zero-order valence-electron chi connectivity index (χ0n) is 10.6. The summed E-state index contributed by atoms with van der Waals surface area (Å²) >= 11 is 0. The maximum Gasteiger partial charge on any atom is 0.255 e. The van der Waals surface area contributed by atoms with Crippen LogP contribution in [0.1, 0.15) is 23.6 Å². The molecular formula is C13H20N2O2. The van der Waals surface area contributed by atoms with E-state index in [0.717, 1.165) is 23.3 Å². The third kappa shape index (κ3) is 4.07. The van der Waals surface area contributed by atoms with Gasteiger partial charge < -0.3 is 16.2 Å². The molecule has 1 rings (SSSR count). The molecule has 1 unspecified atom stereocenters. The Morgan fingerprint density at radius 1 is 1.35 bits per heavy atom. The first-order valence-corrected chi connectivity index (χ1v) is 5.67. The minimum atomic E-state index is -0.469. The van der Waals surface area contributed by atoms with Crippen LogP contribution in [0.4, 0.5) is 0 Å². The van der Waals surface area contributed by atoms with Crippen molar-refractivity contribution in [3.05, 3.63) is 28.8 Å². The minimum absolute atomic E-state index is 0.0890. The van der Waals surface area contributed by atoms with Crippen LogP contribution in [0.2, 0.25) is 0 Å². The van der Waals surface area contributed by atoms with Crippen molar-refractivity contribution in [1.82, 2.24) is 0 Å². The van der Waals surface area contributed by atoms with Gasteiger partial charge in [-0.3, -0.25) is 4.79 Å². The number of amides is 1. The van der Waals surface area contributed by atoms with Crippen LogP contribution in [0.3, 0.4) is 0 Å². The molecule has 0 aliphatic heterocycles. The molecule has 0 saturated heterocycles. The average Bonchev–Trinajstić information content (AvgIpc) is 2.14. The van der Waals surface area contributed by atoms with Gasteiger partial charge in [0.25, 0.3) is 5.91 Å². The van der Waals surface area contributed by atoms with Crippen molar-refractivity contribution >= 4 is 5.91 Å². The number of hydrogen-bond acceptors (Lipinski definition) is 3. The number of primary amides is 1. The fourth-order valence-corrected chi connectivity index (χ4v) is 1.90. The van der Waals surface area contributed by atoms with Gasteiger partial charge in [-0.15, -0.1) is 0 Å². The van der Waals surface area contributed by atoms with E-state index in [1.165, 1.54) is 5.56 Å². The Labute approximate surface area is 102 Å². The lowest BCUT2D eigenvalue weighted by Crippen LogP contribution is -2.21. The predicted molar refractivity (Wildman–Crippen MR) is 68.0 cm³/mol. The predicted octanol–water partition coefficient (Wildman–Crippen LogP) is 1.06. The van der Waals surface area contributed by atoms with Crippen LogP contribution in [0, 0.1) is 13.8 Å². The summed E-state index contributed by atoms with van der Waals surface area (Å²) in [5.41, 5.74) is 14.0. The molecule has 4 nitrogen and oxygen atoms in total. The molecule has 17 heavy (non-hydrogen) atoms. The zero-order chi connectivity index (χ0) is 13.0. The van der Waals surface area contributed by atoms with E-state index in [9.17, 15) is 4.79 Å². The monoisotopic (exact) mass is 236 g/mol. The lowest BCUT2D eigenvalue weighted by Gasteiger charge is -2.14. The lowest BCUT2D eigenvalue weighted by molar-refractivity contribution is -0.119. The molecule has 1 aromatic carbocycles. The molecule has 0 aliphatic carbocycles. The summed E-state index contributed by atoms with van der Waals surface area (Å²) in [6, 6.07) is 4.20. The third-order valence-corrected chi connectivity index (χ3v) is 2.44.